The maximum Gasteiger partial charge on any atom is 0.0992 e. The number of aromatic nitrogens is 1. The van der Waals surface area contributed by atoms with E-state index in [2.05, 4.69) is 17.1 Å². The van der Waals surface area contributed by atoms with Crippen molar-refractivity contribution in [1.82, 2.24) is 4.98 Å². The Morgan fingerprint density at radius 2 is 1.95 bits per heavy atom. The highest BCUT2D eigenvalue weighted by molar-refractivity contribution is 5.95. The van der Waals surface area contributed by atoms with Crippen molar-refractivity contribution < 1.29 is 0 Å². The molecule has 0 unspecified atom stereocenters. The summed E-state index contributed by atoms with van der Waals surface area (Å²) in [6.07, 6.45) is 1.95. The average molecular weight is 262 g/mol. The monoisotopic (exact) mass is 262 g/mol. The Labute approximate surface area is 117 Å². The highest BCUT2D eigenvalue weighted by Gasteiger charge is 2.12. The molecule has 0 bridgehead atoms. The largest absolute Gasteiger partial charge is 0.397 e. The highest BCUT2D eigenvalue weighted by atomic mass is 15.1. The first-order valence-electron chi connectivity index (χ1n) is 6.30. The van der Waals surface area contributed by atoms with Gasteiger partial charge in [0.2, 0.25) is 0 Å². The van der Waals surface area contributed by atoms with Crippen molar-refractivity contribution in [3.8, 4) is 6.07 Å². The molecular formula is C16H14N4. The molecule has 4 heteroatoms. The Balaban J connectivity index is 2.13. The van der Waals surface area contributed by atoms with E-state index in [1.54, 1.807) is 18.2 Å². The third-order valence-corrected chi connectivity index (χ3v) is 3.45. The Morgan fingerprint density at radius 3 is 2.75 bits per heavy atom. The number of nitriles is 1. The Kier molecular flexibility index (Phi) is 2.81. The van der Waals surface area contributed by atoms with Gasteiger partial charge in [0.15, 0.2) is 0 Å². The van der Waals surface area contributed by atoms with Crippen molar-refractivity contribution in [3.05, 3.63) is 54.2 Å². The van der Waals surface area contributed by atoms with E-state index in [0.717, 1.165) is 22.3 Å². The van der Waals surface area contributed by atoms with Crippen LogP contribution in [0, 0.1) is 11.3 Å². The molecule has 0 amide bonds. The van der Waals surface area contributed by atoms with Crippen molar-refractivity contribution in [2.45, 2.75) is 0 Å². The molecule has 0 radical (unpaired) electrons. The predicted octanol–water partition coefficient (Wildman–Crippen LogP) is 3.39. The molecule has 4 nitrogen and oxygen atoms in total. The van der Waals surface area contributed by atoms with Gasteiger partial charge in [-0.15, -0.1) is 0 Å². The van der Waals surface area contributed by atoms with Crippen LogP contribution in [0.3, 0.4) is 0 Å². The third-order valence-electron chi connectivity index (χ3n) is 3.45. The van der Waals surface area contributed by atoms with Crippen molar-refractivity contribution in [2.75, 3.05) is 17.7 Å². The lowest BCUT2D eigenvalue weighted by Gasteiger charge is -2.20. The number of H-pyrrole nitrogens is 1. The molecule has 0 aliphatic carbocycles. The molecule has 2 aromatic carbocycles. The summed E-state index contributed by atoms with van der Waals surface area (Å²) in [4.78, 5) is 5.23. The van der Waals surface area contributed by atoms with Crippen LogP contribution in [0.25, 0.3) is 10.9 Å². The molecule has 20 heavy (non-hydrogen) atoms. The Hall–Kier alpha value is -2.93. The number of hydrogen-bond donors (Lipinski definition) is 2. The Bertz CT molecular complexity index is 811. The fraction of sp³-hybridized carbons (Fsp3) is 0.0625. The number of rotatable bonds is 2. The lowest BCUT2D eigenvalue weighted by molar-refractivity contribution is 1.22. The highest BCUT2D eigenvalue weighted by Crippen LogP contribution is 2.34. The zero-order chi connectivity index (χ0) is 14.1. The molecule has 0 aliphatic rings. The van der Waals surface area contributed by atoms with Gasteiger partial charge in [-0.3, -0.25) is 0 Å². The minimum absolute atomic E-state index is 0.598. The number of nitrogens with two attached hydrogens (primary N) is 1. The number of fused-ring (bicyclic) bond motifs is 1. The van der Waals surface area contributed by atoms with E-state index in [-0.39, 0.29) is 0 Å². The summed E-state index contributed by atoms with van der Waals surface area (Å²) in [6.45, 7) is 0. The molecule has 1 aromatic heterocycles. The minimum atomic E-state index is 0.598. The molecule has 0 spiro atoms. The normalized spacial score (nSPS) is 10.4. The second-order valence-corrected chi connectivity index (χ2v) is 4.66. The summed E-state index contributed by atoms with van der Waals surface area (Å²) >= 11 is 0. The van der Waals surface area contributed by atoms with Crippen molar-refractivity contribution >= 4 is 28.0 Å². The lowest BCUT2D eigenvalue weighted by atomic mass is 10.1. The van der Waals surface area contributed by atoms with E-state index in [1.807, 2.05) is 36.3 Å². The van der Waals surface area contributed by atoms with Gasteiger partial charge in [-0.05, 0) is 24.3 Å². The smallest absolute Gasteiger partial charge is 0.0992 e. The minimum Gasteiger partial charge on any atom is -0.397 e. The van der Waals surface area contributed by atoms with E-state index < -0.39 is 0 Å². The summed E-state index contributed by atoms with van der Waals surface area (Å²) in [5, 5.41) is 10.1. The summed E-state index contributed by atoms with van der Waals surface area (Å²) < 4.78 is 0. The van der Waals surface area contributed by atoms with Gasteiger partial charge in [0.05, 0.1) is 28.7 Å². The van der Waals surface area contributed by atoms with E-state index in [0.29, 0.717) is 11.3 Å². The fourth-order valence-corrected chi connectivity index (χ4v) is 2.37. The first-order valence-corrected chi connectivity index (χ1v) is 6.30. The van der Waals surface area contributed by atoms with E-state index in [4.69, 9.17) is 11.0 Å². The van der Waals surface area contributed by atoms with E-state index in [9.17, 15) is 0 Å². The van der Waals surface area contributed by atoms with Gasteiger partial charge in [0.25, 0.3) is 0 Å². The van der Waals surface area contributed by atoms with E-state index in [1.165, 1.54) is 0 Å². The quantitative estimate of drug-likeness (QED) is 0.695. The van der Waals surface area contributed by atoms with Gasteiger partial charge in [-0.2, -0.15) is 5.26 Å². The van der Waals surface area contributed by atoms with Crippen LogP contribution < -0.4 is 10.6 Å². The molecule has 3 aromatic rings. The van der Waals surface area contributed by atoms with Gasteiger partial charge < -0.3 is 15.6 Å². The van der Waals surface area contributed by atoms with Crippen LogP contribution in [0.2, 0.25) is 0 Å². The van der Waals surface area contributed by atoms with Gasteiger partial charge in [0, 0.05) is 24.1 Å². The van der Waals surface area contributed by atoms with Crippen LogP contribution in [-0.2, 0) is 0 Å². The number of nitrogen functional groups attached to an aromatic ring is 1. The number of para-hydroxylation sites is 1. The molecule has 0 fully saturated rings. The SMILES string of the molecule is CN(c1cc(C#N)ccc1N)c1c[nH]c2ccccc12. The number of nitrogens with zero attached hydrogens (tertiary/aromatic N) is 2. The van der Waals surface area contributed by atoms with Crippen LogP contribution in [-0.4, -0.2) is 12.0 Å². The molecule has 0 saturated carbocycles. The summed E-state index contributed by atoms with van der Waals surface area (Å²) in [5.74, 6) is 0. The molecule has 3 rings (SSSR count). The molecule has 0 atom stereocenters. The molecule has 0 aliphatic heterocycles. The maximum absolute atomic E-state index is 9.02. The topological polar surface area (TPSA) is 68.8 Å². The zero-order valence-electron chi connectivity index (χ0n) is 11.1. The van der Waals surface area contributed by atoms with Crippen molar-refractivity contribution in [3.63, 3.8) is 0 Å². The molecule has 1 heterocycles. The average Bonchev–Trinajstić information content (AvgIpc) is 2.91. The van der Waals surface area contributed by atoms with Crippen LogP contribution in [0.4, 0.5) is 17.1 Å². The molecular weight excluding hydrogens is 248 g/mol. The number of aromatic amines is 1. The number of benzene rings is 2. The summed E-state index contributed by atoms with van der Waals surface area (Å²) in [6, 6.07) is 15.5. The van der Waals surface area contributed by atoms with Gasteiger partial charge in [0.1, 0.15) is 0 Å². The summed E-state index contributed by atoms with van der Waals surface area (Å²) in [7, 11) is 1.95. The van der Waals surface area contributed by atoms with Gasteiger partial charge >= 0.3 is 0 Å². The fourth-order valence-electron chi connectivity index (χ4n) is 2.37. The second-order valence-electron chi connectivity index (χ2n) is 4.66. The third kappa shape index (κ3) is 1.86. The van der Waals surface area contributed by atoms with Gasteiger partial charge in [-0.25, -0.2) is 0 Å². The van der Waals surface area contributed by atoms with Crippen LogP contribution in [0.15, 0.2) is 48.7 Å². The van der Waals surface area contributed by atoms with Gasteiger partial charge in [-0.1, -0.05) is 18.2 Å². The first-order chi connectivity index (χ1) is 9.70. The Morgan fingerprint density at radius 1 is 1.15 bits per heavy atom. The van der Waals surface area contributed by atoms with Crippen molar-refractivity contribution in [1.29, 1.82) is 5.26 Å². The number of nitrogens with one attached hydrogen (secondary N) is 1. The standard InChI is InChI=1S/C16H14N4/c1-20(15-8-11(9-17)6-7-13(15)18)16-10-19-14-5-3-2-4-12(14)16/h2-8,10,19H,18H2,1H3. The van der Waals surface area contributed by atoms with E-state index >= 15 is 0 Å². The zero-order valence-corrected chi connectivity index (χ0v) is 11.1. The predicted molar refractivity (Wildman–Crippen MR) is 81.9 cm³/mol. The lowest BCUT2D eigenvalue weighted by Crippen LogP contribution is -2.11. The van der Waals surface area contributed by atoms with Crippen LogP contribution >= 0.6 is 0 Å². The molecule has 0 saturated heterocycles. The van der Waals surface area contributed by atoms with Crippen molar-refractivity contribution in [2.24, 2.45) is 0 Å². The van der Waals surface area contributed by atoms with Crippen LogP contribution in [0.1, 0.15) is 5.56 Å². The number of hydrogen-bond acceptors (Lipinski definition) is 3. The maximum atomic E-state index is 9.02. The molecule has 98 valence electrons. The molecule has 3 N–H and O–H groups in total. The second kappa shape index (κ2) is 4.63. The van der Waals surface area contributed by atoms with Crippen LogP contribution in [0.5, 0.6) is 0 Å². The first kappa shape index (κ1) is 12.1. The summed E-state index contributed by atoms with van der Waals surface area (Å²) in [5.41, 5.74) is 10.2. The number of anilines is 3.